The minimum absolute atomic E-state index is 0.166. The number of carbonyl (C=O) groups excluding carboxylic acids is 2. The second-order valence-corrected chi connectivity index (χ2v) is 3.75. The highest BCUT2D eigenvalue weighted by atomic mass is 16.2. The molecule has 19 heavy (non-hydrogen) atoms. The Morgan fingerprint density at radius 2 is 2.00 bits per heavy atom. The molecular weight excluding hydrogens is 246 g/mol. The van der Waals surface area contributed by atoms with E-state index in [9.17, 15) is 9.59 Å². The molecule has 0 atom stereocenters. The molecule has 2 aromatic rings. The first-order valence-electron chi connectivity index (χ1n) is 5.74. The summed E-state index contributed by atoms with van der Waals surface area (Å²) in [7, 11) is 0. The maximum atomic E-state index is 11.7. The molecule has 0 saturated carbocycles. The molecule has 0 radical (unpaired) electrons. The molecule has 3 N–H and O–H groups in total. The first kappa shape index (κ1) is 12.7. The number of hydrogen-bond donors (Lipinski definition) is 3. The van der Waals surface area contributed by atoms with Crippen molar-refractivity contribution in [3.63, 3.8) is 0 Å². The molecule has 0 aliphatic heterocycles. The Labute approximate surface area is 109 Å². The van der Waals surface area contributed by atoms with Gasteiger partial charge < -0.3 is 5.32 Å². The van der Waals surface area contributed by atoms with Crippen molar-refractivity contribution in [1.82, 2.24) is 20.5 Å². The predicted molar refractivity (Wildman–Crippen MR) is 68.4 cm³/mol. The summed E-state index contributed by atoms with van der Waals surface area (Å²) < 4.78 is 0. The highest BCUT2D eigenvalue weighted by Gasteiger charge is 2.07. The van der Waals surface area contributed by atoms with E-state index in [0.717, 1.165) is 0 Å². The van der Waals surface area contributed by atoms with Gasteiger partial charge in [-0.25, -0.2) is 5.10 Å². The number of hydrogen-bond acceptors (Lipinski definition) is 4. The molecule has 0 aliphatic rings. The van der Waals surface area contributed by atoms with Gasteiger partial charge in [0.25, 0.3) is 5.91 Å². The van der Waals surface area contributed by atoms with Crippen LogP contribution >= 0.6 is 0 Å². The number of amides is 2. The number of nitrogens with zero attached hydrogens (tertiary/aromatic N) is 2. The molecule has 0 unspecified atom stereocenters. The van der Waals surface area contributed by atoms with Crippen molar-refractivity contribution >= 4 is 17.8 Å². The second-order valence-electron chi connectivity index (χ2n) is 3.75. The number of nitrogens with one attached hydrogen (secondary N) is 3. The summed E-state index contributed by atoms with van der Waals surface area (Å²) in [5.74, 6) is -0.155. The van der Waals surface area contributed by atoms with E-state index in [4.69, 9.17) is 0 Å². The third-order valence-corrected chi connectivity index (χ3v) is 2.35. The van der Waals surface area contributed by atoms with Crippen molar-refractivity contribution in [2.24, 2.45) is 0 Å². The van der Waals surface area contributed by atoms with Gasteiger partial charge in [0, 0.05) is 18.5 Å². The van der Waals surface area contributed by atoms with Crippen LogP contribution in [0.4, 0.5) is 5.95 Å². The molecule has 7 nitrogen and oxygen atoms in total. The number of rotatable bonds is 5. The SMILES string of the molecule is O=C(CCNC(=O)c1ccccc1)Nc1ncn[nH]1. The Hall–Kier alpha value is -2.70. The number of aromatic nitrogens is 3. The molecule has 0 spiro atoms. The summed E-state index contributed by atoms with van der Waals surface area (Å²) in [6.07, 6.45) is 1.46. The number of aromatic amines is 1. The second kappa shape index (κ2) is 6.29. The van der Waals surface area contributed by atoms with Gasteiger partial charge in [-0.2, -0.15) is 10.1 Å². The summed E-state index contributed by atoms with van der Waals surface area (Å²) in [6.45, 7) is 0.258. The molecule has 2 amide bonds. The molecule has 0 fully saturated rings. The number of H-pyrrole nitrogens is 1. The minimum Gasteiger partial charge on any atom is -0.352 e. The normalized spacial score (nSPS) is 9.89. The summed E-state index contributed by atoms with van der Waals surface area (Å²) in [5.41, 5.74) is 0.568. The monoisotopic (exact) mass is 259 g/mol. The highest BCUT2D eigenvalue weighted by Crippen LogP contribution is 1.98. The fourth-order valence-electron chi connectivity index (χ4n) is 1.44. The predicted octanol–water partition coefficient (Wildman–Crippen LogP) is 0.563. The summed E-state index contributed by atoms with van der Waals surface area (Å²) >= 11 is 0. The van der Waals surface area contributed by atoms with Crippen molar-refractivity contribution < 1.29 is 9.59 Å². The van der Waals surface area contributed by atoms with E-state index in [1.807, 2.05) is 6.07 Å². The van der Waals surface area contributed by atoms with Gasteiger partial charge in [0.05, 0.1) is 0 Å². The minimum atomic E-state index is -0.245. The van der Waals surface area contributed by atoms with Crippen LogP contribution in [0.25, 0.3) is 0 Å². The van der Waals surface area contributed by atoms with E-state index in [2.05, 4.69) is 25.8 Å². The summed E-state index contributed by atoms with van der Waals surface area (Å²) in [5, 5.41) is 11.3. The highest BCUT2D eigenvalue weighted by molar-refractivity contribution is 5.94. The zero-order valence-electron chi connectivity index (χ0n) is 10.1. The van der Waals surface area contributed by atoms with Crippen LogP contribution in [-0.2, 0) is 4.79 Å². The van der Waals surface area contributed by atoms with E-state index in [1.165, 1.54) is 6.33 Å². The lowest BCUT2D eigenvalue weighted by Crippen LogP contribution is -2.27. The van der Waals surface area contributed by atoms with Crippen LogP contribution in [0.2, 0.25) is 0 Å². The van der Waals surface area contributed by atoms with Crippen LogP contribution in [-0.4, -0.2) is 33.5 Å². The molecule has 98 valence electrons. The molecular formula is C12H13N5O2. The Morgan fingerprint density at radius 1 is 1.21 bits per heavy atom. The number of anilines is 1. The average Bonchev–Trinajstić information content (AvgIpc) is 2.92. The molecule has 2 rings (SSSR count). The quantitative estimate of drug-likeness (QED) is 0.730. The smallest absolute Gasteiger partial charge is 0.251 e. The van der Waals surface area contributed by atoms with Gasteiger partial charge in [0.2, 0.25) is 11.9 Å². The molecule has 1 aromatic carbocycles. The maximum Gasteiger partial charge on any atom is 0.251 e. The number of carbonyl (C=O) groups is 2. The van der Waals surface area contributed by atoms with Crippen molar-refractivity contribution in [1.29, 1.82) is 0 Å². The van der Waals surface area contributed by atoms with E-state index in [0.29, 0.717) is 11.5 Å². The lowest BCUT2D eigenvalue weighted by molar-refractivity contribution is -0.116. The van der Waals surface area contributed by atoms with E-state index in [1.54, 1.807) is 24.3 Å². The van der Waals surface area contributed by atoms with Crippen molar-refractivity contribution in [3.8, 4) is 0 Å². The molecule has 7 heteroatoms. The topological polar surface area (TPSA) is 99.8 Å². The van der Waals surface area contributed by atoms with Crippen molar-refractivity contribution in [2.75, 3.05) is 11.9 Å². The Bertz CT molecular complexity index is 539. The Balaban J connectivity index is 1.72. The third-order valence-electron chi connectivity index (χ3n) is 2.35. The fraction of sp³-hybridized carbons (Fsp3) is 0.167. The largest absolute Gasteiger partial charge is 0.352 e. The molecule has 0 bridgehead atoms. The van der Waals surface area contributed by atoms with Crippen molar-refractivity contribution in [2.45, 2.75) is 6.42 Å². The first-order chi connectivity index (χ1) is 9.25. The zero-order valence-corrected chi connectivity index (χ0v) is 10.1. The fourth-order valence-corrected chi connectivity index (χ4v) is 1.44. The molecule has 0 aliphatic carbocycles. The molecule has 1 aromatic heterocycles. The lowest BCUT2D eigenvalue weighted by atomic mass is 10.2. The van der Waals surface area contributed by atoms with Gasteiger partial charge in [-0.3, -0.25) is 14.9 Å². The van der Waals surface area contributed by atoms with Crippen LogP contribution in [0, 0.1) is 0 Å². The van der Waals surface area contributed by atoms with E-state index < -0.39 is 0 Å². The van der Waals surface area contributed by atoms with Gasteiger partial charge in [-0.05, 0) is 12.1 Å². The van der Waals surface area contributed by atoms with Crippen LogP contribution in [0.5, 0.6) is 0 Å². The van der Waals surface area contributed by atoms with Gasteiger partial charge in [-0.15, -0.1) is 0 Å². The third kappa shape index (κ3) is 3.91. The van der Waals surface area contributed by atoms with Gasteiger partial charge >= 0.3 is 0 Å². The van der Waals surface area contributed by atoms with Gasteiger partial charge in [0.15, 0.2) is 0 Å². The molecule has 1 heterocycles. The van der Waals surface area contributed by atoms with Crippen molar-refractivity contribution in [3.05, 3.63) is 42.2 Å². The van der Waals surface area contributed by atoms with Gasteiger partial charge in [-0.1, -0.05) is 18.2 Å². The number of benzene rings is 1. The van der Waals surface area contributed by atoms with E-state index >= 15 is 0 Å². The van der Waals surface area contributed by atoms with Gasteiger partial charge in [0.1, 0.15) is 6.33 Å². The first-order valence-corrected chi connectivity index (χ1v) is 5.74. The Morgan fingerprint density at radius 3 is 2.68 bits per heavy atom. The summed E-state index contributed by atoms with van der Waals surface area (Å²) in [6, 6.07) is 8.83. The Kier molecular flexibility index (Phi) is 4.22. The zero-order chi connectivity index (χ0) is 13.5. The van der Waals surface area contributed by atoms with Crippen LogP contribution < -0.4 is 10.6 Å². The molecule has 0 saturated heterocycles. The van der Waals surface area contributed by atoms with E-state index in [-0.39, 0.29) is 24.8 Å². The standard InChI is InChI=1S/C12H13N5O2/c18-10(16-12-14-8-15-17-12)6-7-13-11(19)9-4-2-1-3-5-9/h1-5,8H,6-7H2,(H,13,19)(H2,14,15,16,17,18). The van der Waals surface area contributed by atoms with Crippen LogP contribution in [0.3, 0.4) is 0 Å². The van der Waals surface area contributed by atoms with Crippen LogP contribution in [0.1, 0.15) is 16.8 Å². The summed E-state index contributed by atoms with van der Waals surface area (Å²) in [4.78, 5) is 26.9. The lowest BCUT2D eigenvalue weighted by Gasteiger charge is -2.04. The maximum absolute atomic E-state index is 11.7. The average molecular weight is 259 g/mol. The van der Waals surface area contributed by atoms with Crippen LogP contribution in [0.15, 0.2) is 36.7 Å².